The fourth-order valence-electron chi connectivity index (χ4n) is 7.46. The van der Waals surface area contributed by atoms with Gasteiger partial charge >= 0.3 is 0 Å². The van der Waals surface area contributed by atoms with Crippen LogP contribution >= 0.6 is 11.8 Å². The summed E-state index contributed by atoms with van der Waals surface area (Å²) in [6.45, 7) is 19.4. The van der Waals surface area contributed by atoms with Gasteiger partial charge in [-0.1, -0.05) is 32.9 Å². The molecule has 2 bridgehead atoms. The van der Waals surface area contributed by atoms with Crippen LogP contribution in [-0.2, 0) is 19.1 Å². The van der Waals surface area contributed by atoms with E-state index in [-0.39, 0.29) is 35.5 Å². The van der Waals surface area contributed by atoms with Gasteiger partial charge in [-0.15, -0.1) is 24.9 Å². The summed E-state index contributed by atoms with van der Waals surface area (Å²) >= 11 is 1.69. The third-order valence-corrected chi connectivity index (χ3v) is 11.5. The van der Waals surface area contributed by atoms with E-state index in [1.807, 2.05) is 23.6 Å². The smallest absolute Gasteiger partial charge is 0.247 e. The largest absolute Gasteiger partial charge is 0.394 e. The Labute approximate surface area is 243 Å². The third-order valence-electron chi connectivity index (χ3n) is 9.38. The highest BCUT2D eigenvalue weighted by molar-refractivity contribution is 8.02. The first kappa shape index (κ1) is 31.1. The van der Waals surface area contributed by atoms with Crippen molar-refractivity contribution in [2.45, 2.75) is 62.1 Å². The molecule has 3 unspecified atom stereocenters. The van der Waals surface area contributed by atoms with Crippen molar-refractivity contribution in [2.75, 3.05) is 65.6 Å². The van der Waals surface area contributed by atoms with Crippen LogP contribution in [0.15, 0.2) is 25.3 Å². The number of morpholine rings is 1. The minimum Gasteiger partial charge on any atom is -0.394 e. The van der Waals surface area contributed by atoms with Crippen molar-refractivity contribution in [3.05, 3.63) is 25.3 Å². The summed E-state index contributed by atoms with van der Waals surface area (Å²) in [5.74, 6) is -1.23. The molecular formula is C30H48N4O5S. The molecule has 4 aliphatic heterocycles. The number of carbonyl (C=O) groups excluding carboxylic acids is 3. The van der Waals surface area contributed by atoms with Crippen molar-refractivity contribution in [1.82, 2.24) is 19.6 Å². The summed E-state index contributed by atoms with van der Waals surface area (Å²) < 4.78 is 4.78. The number of aliphatic hydroxyl groups is 1. The molecule has 7 atom stereocenters. The van der Waals surface area contributed by atoms with E-state index in [1.165, 1.54) is 0 Å². The number of nitrogens with zero attached hydrogens (tertiary/aromatic N) is 4. The van der Waals surface area contributed by atoms with E-state index in [4.69, 9.17) is 4.74 Å². The molecule has 40 heavy (non-hydrogen) atoms. The Morgan fingerprint density at radius 3 is 2.38 bits per heavy atom. The molecule has 4 saturated heterocycles. The zero-order valence-corrected chi connectivity index (χ0v) is 25.3. The van der Waals surface area contributed by atoms with Gasteiger partial charge in [0.25, 0.3) is 0 Å². The van der Waals surface area contributed by atoms with E-state index < -0.39 is 28.7 Å². The van der Waals surface area contributed by atoms with E-state index in [0.717, 1.165) is 32.5 Å². The van der Waals surface area contributed by atoms with Crippen molar-refractivity contribution in [1.29, 1.82) is 0 Å². The lowest BCUT2D eigenvalue weighted by molar-refractivity contribution is -0.147. The maximum absolute atomic E-state index is 14.6. The second-order valence-corrected chi connectivity index (χ2v) is 13.2. The molecule has 0 aromatic heterocycles. The van der Waals surface area contributed by atoms with Gasteiger partial charge in [0, 0.05) is 51.1 Å². The van der Waals surface area contributed by atoms with Crippen LogP contribution in [0.5, 0.6) is 0 Å². The molecule has 0 radical (unpaired) electrons. The van der Waals surface area contributed by atoms with Gasteiger partial charge in [0.2, 0.25) is 17.7 Å². The van der Waals surface area contributed by atoms with Crippen LogP contribution in [-0.4, -0.2) is 130 Å². The number of carbonyl (C=O) groups is 3. The maximum atomic E-state index is 14.6. The molecule has 0 aliphatic carbocycles. The molecule has 3 amide bonds. The van der Waals surface area contributed by atoms with E-state index in [2.05, 4.69) is 25.0 Å². The van der Waals surface area contributed by atoms with Gasteiger partial charge in [-0.05, 0) is 25.2 Å². The van der Waals surface area contributed by atoms with Gasteiger partial charge in [-0.25, -0.2) is 0 Å². The van der Waals surface area contributed by atoms with Crippen LogP contribution in [0.3, 0.4) is 0 Å². The zero-order chi connectivity index (χ0) is 29.0. The second-order valence-electron chi connectivity index (χ2n) is 11.6. The number of fused-ring (bicyclic) bond motifs is 1. The topological polar surface area (TPSA) is 93.6 Å². The standard InChI is InChI=1S/C30H48N4O5S/c1-6-10-32(11-7-2)27(36)24-23-19-21(5)30(40-23)25(24)28(37)34(22(9-4)20-35)26(30)29(38)33(12-8-3)14-13-31-15-17-39-18-16-31/h6,8,21-26,35H,1,3,7,9-20H2,2,4-5H3/t21?,22-,23-,24+,25-,26?,30?/m0/s1. The molecule has 1 spiro atoms. The molecule has 224 valence electrons. The number of hydrogen-bond acceptors (Lipinski definition) is 7. The number of rotatable bonds is 14. The third kappa shape index (κ3) is 5.37. The monoisotopic (exact) mass is 576 g/mol. The summed E-state index contributed by atoms with van der Waals surface area (Å²) in [7, 11) is 0. The molecule has 4 aliphatic rings. The van der Waals surface area contributed by atoms with Crippen LogP contribution in [0.4, 0.5) is 0 Å². The normalized spacial score (nSPS) is 32.1. The van der Waals surface area contributed by atoms with Crippen LogP contribution in [0.25, 0.3) is 0 Å². The van der Waals surface area contributed by atoms with Crippen molar-refractivity contribution < 1.29 is 24.2 Å². The molecule has 10 heteroatoms. The molecule has 0 aromatic rings. The summed E-state index contributed by atoms with van der Waals surface area (Å²) in [6, 6.07) is -1.21. The fraction of sp³-hybridized carbons (Fsp3) is 0.767. The lowest BCUT2D eigenvalue weighted by atomic mass is 9.65. The summed E-state index contributed by atoms with van der Waals surface area (Å²) in [5, 5.41) is 10.4. The predicted molar refractivity (Wildman–Crippen MR) is 158 cm³/mol. The lowest BCUT2D eigenvalue weighted by Crippen LogP contribution is -2.60. The van der Waals surface area contributed by atoms with Crippen molar-refractivity contribution in [3.63, 3.8) is 0 Å². The molecule has 9 nitrogen and oxygen atoms in total. The Bertz CT molecular complexity index is 954. The summed E-state index contributed by atoms with van der Waals surface area (Å²) in [4.78, 5) is 50.7. The number of amides is 3. The molecule has 4 heterocycles. The minimum atomic E-state index is -0.728. The van der Waals surface area contributed by atoms with Gasteiger partial charge in [-0.3, -0.25) is 19.3 Å². The second kappa shape index (κ2) is 13.4. The summed E-state index contributed by atoms with van der Waals surface area (Å²) in [5.41, 5.74) is 0. The predicted octanol–water partition coefficient (Wildman–Crippen LogP) is 1.87. The van der Waals surface area contributed by atoms with E-state index in [9.17, 15) is 19.5 Å². The van der Waals surface area contributed by atoms with Crippen molar-refractivity contribution in [3.8, 4) is 0 Å². The van der Waals surface area contributed by atoms with Gasteiger partial charge in [0.1, 0.15) is 6.04 Å². The van der Waals surface area contributed by atoms with Gasteiger partial charge in [0.05, 0.1) is 42.4 Å². The lowest BCUT2D eigenvalue weighted by Gasteiger charge is -2.42. The van der Waals surface area contributed by atoms with Crippen LogP contribution < -0.4 is 0 Å². The molecule has 4 rings (SSSR count). The number of likely N-dealkylation sites (tertiary alicyclic amines) is 1. The Morgan fingerprint density at radius 1 is 1.15 bits per heavy atom. The van der Waals surface area contributed by atoms with Gasteiger partial charge < -0.3 is 24.5 Å². The molecule has 1 N–H and O–H groups in total. The first-order valence-corrected chi connectivity index (χ1v) is 15.9. The average molecular weight is 577 g/mol. The average Bonchev–Trinajstić information content (AvgIpc) is 3.55. The van der Waals surface area contributed by atoms with Crippen LogP contribution in [0.2, 0.25) is 0 Å². The zero-order valence-electron chi connectivity index (χ0n) is 24.5. The molecule has 0 aromatic carbocycles. The Kier molecular flexibility index (Phi) is 10.4. The molecule has 4 fully saturated rings. The van der Waals surface area contributed by atoms with Gasteiger partial charge in [0.15, 0.2) is 0 Å². The first-order chi connectivity index (χ1) is 19.3. The van der Waals surface area contributed by atoms with Crippen LogP contribution in [0.1, 0.15) is 40.0 Å². The molecular weight excluding hydrogens is 528 g/mol. The first-order valence-electron chi connectivity index (χ1n) is 15.0. The number of ether oxygens (including phenoxy) is 1. The number of thioether (sulfide) groups is 1. The maximum Gasteiger partial charge on any atom is 0.247 e. The SMILES string of the molecule is C=CCN(CCN1CCOCC1)C(=O)C1N([C@@H](CC)CO)C(=O)[C@@H]2[C@H](C(=O)N(CC=C)CCC)[C@@H]3CC(C)C12S3. The van der Waals surface area contributed by atoms with Crippen molar-refractivity contribution in [2.24, 2.45) is 17.8 Å². The fourth-order valence-corrected chi connectivity index (χ4v) is 9.86. The Balaban J connectivity index is 1.71. The Morgan fingerprint density at radius 2 is 1.80 bits per heavy atom. The highest BCUT2D eigenvalue weighted by Gasteiger charge is 2.76. The van der Waals surface area contributed by atoms with Crippen molar-refractivity contribution >= 4 is 29.5 Å². The van der Waals surface area contributed by atoms with E-state index in [1.54, 1.807) is 28.8 Å². The highest BCUT2D eigenvalue weighted by Crippen LogP contribution is 2.69. The minimum absolute atomic E-state index is 0.00604. The van der Waals surface area contributed by atoms with E-state index in [0.29, 0.717) is 45.8 Å². The summed E-state index contributed by atoms with van der Waals surface area (Å²) in [6.07, 6.45) is 5.62. The van der Waals surface area contributed by atoms with Crippen LogP contribution in [0, 0.1) is 17.8 Å². The number of aliphatic hydroxyl groups excluding tert-OH is 1. The highest BCUT2D eigenvalue weighted by atomic mass is 32.2. The number of hydrogen-bond donors (Lipinski definition) is 1. The van der Waals surface area contributed by atoms with Gasteiger partial charge in [-0.2, -0.15) is 0 Å². The quantitative estimate of drug-likeness (QED) is 0.316. The van der Waals surface area contributed by atoms with E-state index >= 15 is 0 Å². The molecule has 0 saturated carbocycles. The Hall–Kier alpha value is -1.88.